The molecule has 0 N–H and O–H groups in total. The number of hydrogen-bond acceptors (Lipinski definition) is 4. The van der Waals surface area contributed by atoms with Gasteiger partial charge < -0.3 is 9.59 Å². The SMILES string of the molecule is O=CC(Cc1ccccc1)SC(SC(C=O)Cc1ccccc1)c1ccccc1. The standard InChI is InChI=1S/C25H24O2S2/c26-18-23(16-20-10-4-1-5-11-20)28-25(22-14-8-3-9-15-22)29-24(19-27)17-21-12-6-2-7-13-21/h1-15,18-19,23-25H,16-17H2. The van der Waals surface area contributed by atoms with Crippen molar-refractivity contribution < 1.29 is 9.59 Å². The minimum Gasteiger partial charge on any atom is -0.302 e. The van der Waals surface area contributed by atoms with E-state index in [9.17, 15) is 9.59 Å². The summed E-state index contributed by atoms with van der Waals surface area (Å²) in [5, 5.41) is -0.335. The van der Waals surface area contributed by atoms with Crippen molar-refractivity contribution in [3.63, 3.8) is 0 Å². The summed E-state index contributed by atoms with van der Waals surface area (Å²) in [5.74, 6) is 0. The Hall–Kier alpha value is -2.30. The lowest BCUT2D eigenvalue weighted by atomic mass is 10.1. The zero-order valence-electron chi connectivity index (χ0n) is 16.1. The minimum absolute atomic E-state index is 0.00836. The van der Waals surface area contributed by atoms with Gasteiger partial charge in [-0.15, -0.1) is 23.5 Å². The van der Waals surface area contributed by atoms with Crippen LogP contribution in [0.2, 0.25) is 0 Å². The van der Waals surface area contributed by atoms with Gasteiger partial charge in [0.1, 0.15) is 12.6 Å². The van der Waals surface area contributed by atoms with Crippen LogP contribution in [0.15, 0.2) is 91.0 Å². The normalized spacial score (nSPS) is 13.9. The molecule has 3 aromatic carbocycles. The van der Waals surface area contributed by atoms with Crippen LogP contribution in [0.1, 0.15) is 21.3 Å². The predicted octanol–water partition coefficient (Wildman–Crippen LogP) is 5.77. The summed E-state index contributed by atoms with van der Waals surface area (Å²) in [6, 6.07) is 30.3. The van der Waals surface area contributed by atoms with E-state index in [2.05, 4.69) is 12.1 Å². The van der Waals surface area contributed by atoms with E-state index in [0.29, 0.717) is 12.8 Å². The van der Waals surface area contributed by atoms with Crippen LogP contribution in [0.25, 0.3) is 0 Å². The lowest BCUT2D eigenvalue weighted by molar-refractivity contribution is -0.108. The summed E-state index contributed by atoms with van der Waals surface area (Å²) in [7, 11) is 0. The second-order valence-corrected chi connectivity index (χ2v) is 9.74. The highest BCUT2D eigenvalue weighted by Crippen LogP contribution is 2.44. The Morgan fingerprint density at radius 1 is 0.586 bits per heavy atom. The molecule has 0 spiro atoms. The number of aldehydes is 2. The zero-order chi connectivity index (χ0) is 20.3. The van der Waals surface area contributed by atoms with Crippen LogP contribution in [-0.2, 0) is 22.4 Å². The Balaban J connectivity index is 1.75. The van der Waals surface area contributed by atoms with Gasteiger partial charge in [0.15, 0.2) is 0 Å². The van der Waals surface area contributed by atoms with Crippen molar-refractivity contribution in [1.82, 2.24) is 0 Å². The molecule has 0 radical (unpaired) electrons. The summed E-state index contributed by atoms with van der Waals surface area (Å²) >= 11 is 3.26. The van der Waals surface area contributed by atoms with Crippen molar-refractivity contribution in [2.75, 3.05) is 0 Å². The van der Waals surface area contributed by atoms with Crippen LogP contribution in [-0.4, -0.2) is 23.1 Å². The first kappa shape index (κ1) is 21.4. The lowest BCUT2D eigenvalue weighted by Crippen LogP contribution is -2.14. The van der Waals surface area contributed by atoms with E-state index in [1.165, 1.54) is 0 Å². The molecule has 0 aromatic heterocycles. The van der Waals surface area contributed by atoms with E-state index < -0.39 is 0 Å². The molecule has 0 saturated carbocycles. The van der Waals surface area contributed by atoms with E-state index in [1.54, 1.807) is 23.5 Å². The van der Waals surface area contributed by atoms with Gasteiger partial charge in [-0.3, -0.25) is 0 Å². The Kier molecular flexibility index (Phi) is 8.59. The maximum atomic E-state index is 11.8. The molecule has 29 heavy (non-hydrogen) atoms. The number of rotatable bonds is 11. The summed E-state index contributed by atoms with van der Waals surface area (Å²) in [4.78, 5) is 23.6. The van der Waals surface area contributed by atoms with Gasteiger partial charge in [-0.1, -0.05) is 91.0 Å². The van der Waals surface area contributed by atoms with Gasteiger partial charge in [0.05, 0.1) is 15.1 Å². The number of thioether (sulfide) groups is 2. The Morgan fingerprint density at radius 3 is 1.34 bits per heavy atom. The molecule has 2 unspecified atom stereocenters. The molecule has 2 atom stereocenters. The number of carbonyl (C=O) groups is 2. The fourth-order valence-electron chi connectivity index (χ4n) is 3.07. The summed E-state index contributed by atoms with van der Waals surface area (Å²) < 4.78 is 0.00836. The average Bonchev–Trinajstić information content (AvgIpc) is 2.79. The topological polar surface area (TPSA) is 34.1 Å². The van der Waals surface area contributed by atoms with Gasteiger partial charge >= 0.3 is 0 Å². The third-order valence-corrected chi connectivity index (χ3v) is 7.49. The van der Waals surface area contributed by atoms with Crippen LogP contribution in [0.5, 0.6) is 0 Å². The number of benzene rings is 3. The summed E-state index contributed by atoms with van der Waals surface area (Å²) in [6.07, 6.45) is 3.43. The third-order valence-electron chi connectivity index (χ3n) is 4.53. The molecule has 0 aliphatic carbocycles. The maximum absolute atomic E-state index is 11.8. The molecule has 3 aromatic rings. The smallest absolute Gasteiger partial charge is 0.133 e. The number of hydrogen-bond donors (Lipinski definition) is 0. The molecule has 4 heteroatoms. The molecule has 3 rings (SSSR count). The minimum atomic E-state index is -0.167. The van der Waals surface area contributed by atoms with Crippen molar-refractivity contribution in [3.05, 3.63) is 108 Å². The van der Waals surface area contributed by atoms with Crippen molar-refractivity contribution in [2.24, 2.45) is 0 Å². The highest BCUT2D eigenvalue weighted by atomic mass is 32.2. The van der Waals surface area contributed by atoms with Crippen molar-refractivity contribution in [2.45, 2.75) is 27.9 Å². The molecular weight excluding hydrogens is 396 g/mol. The Morgan fingerprint density at radius 2 is 0.966 bits per heavy atom. The van der Waals surface area contributed by atoms with Gasteiger partial charge in [-0.25, -0.2) is 0 Å². The third kappa shape index (κ3) is 6.91. The first-order valence-electron chi connectivity index (χ1n) is 9.63. The van der Waals surface area contributed by atoms with Gasteiger partial charge in [0.2, 0.25) is 0 Å². The van der Waals surface area contributed by atoms with Gasteiger partial charge in [0, 0.05) is 0 Å². The van der Waals surface area contributed by atoms with Crippen LogP contribution < -0.4 is 0 Å². The molecule has 0 amide bonds. The summed E-state index contributed by atoms with van der Waals surface area (Å²) in [5.41, 5.74) is 3.41. The average molecular weight is 421 g/mol. The van der Waals surface area contributed by atoms with Crippen LogP contribution in [0.3, 0.4) is 0 Å². The van der Waals surface area contributed by atoms with E-state index in [-0.39, 0.29) is 15.1 Å². The quantitative estimate of drug-likeness (QED) is 0.291. The monoisotopic (exact) mass is 420 g/mol. The van der Waals surface area contributed by atoms with E-state index in [4.69, 9.17) is 0 Å². The summed E-state index contributed by atoms with van der Waals surface area (Å²) in [6.45, 7) is 0. The highest BCUT2D eigenvalue weighted by Gasteiger charge is 2.23. The second kappa shape index (κ2) is 11.6. The molecule has 0 heterocycles. The highest BCUT2D eigenvalue weighted by molar-refractivity contribution is 8.17. The first-order chi connectivity index (χ1) is 14.3. The van der Waals surface area contributed by atoms with Gasteiger partial charge in [0.25, 0.3) is 0 Å². The van der Waals surface area contributed by atoms with Crippen molar-refractivity contribution >= 4 is 36.1 Å². The Bertz CT molecular complexity index is 814. The molecule has 0 bridgehead atoms. The molecule has 0 aliphatic heterocycles. The van der Waals surface area contributed by atoms with Gasteiger partial charge in [-0.05, 0) is 29.5 Å². The predicted molar refractivity (Wildman–Crippen MR) is 124 cm³/mol. The van der Waals surface area contributed by atoms with E-state index in [1.807, 2.05) is 78.9 Å². The van der Waals surface area contributed by atoms with E-state index >= 15 is 0 Å². The second-order valence-electron chi connectivity index (χ2n) is 6.74. The Labute approximate surface area is 181 Å². The fourth-order valence-corrected chi connectivity index (χ4v) is 6.15. The lowest BCUT2D eigenvalue weighted by Gasteiger charge is -2.23. The maximum Gasteiger partial charge on any atom is 0.133 e. The largest absolute Gasteiger partial charge is 0.302 e. The van der Waals surface area contributed by atoms with E-state index in [0.717, 1.165) is 29.3 Å². The molecule has 148 valence electrons. The van der Waals surface area contributed by atoms with Gasteiger partial charge in [-0.2, -0.15) is 0 Å². The van der Waals surface area contributed by atoms with Crippen LogP contribution in [0.4, 0.5) is 0 Å². The first-order valence-corrected chi connectivity index (χ1v) is 11.5. The molecular formula is C25H24O2S2. The molecule has 2 nitrogen and oxygen atoms in total. The molecule has 0 fully saturated rings. The fraction of sp³-hybridized carbons (Fsp3) is 0.200. The molecule has 0 aliphatic rings. The van der Waals surface area contributed by atoms with Crippen molar-refractivity contribution in [1.29, 1.82) is 0 Å². The zero-order valence-corrected chi connectivity index (χ0v) is 17.7. The number of carbonyl (C=O) groups excluding carboxylic acids is 2. The van der Waals surface area contributed by atoms with Crippen LogP contribution in [0, 0.1) is 0 Å². The van der Waals surface area contributed by atoms with Crippen molar-refractivity contribution in [3.8, 4) is 0 Å². The van der Waals surface area contributed by atoms with Crippen LogP contribution >= 0.6 is 23.5 Å². The molecule has 0 saturated heterocycles.